The van der Waals surface area contributed by atoms with Gasteiger partial charge < -0.3 is 4.90 Å². The van der Waals surface area contributed by atoms with Gasteiger partial charge in [0.15, 0.2) is 0 Å². The van der Waals surface area contributed by atoms with Crippen LogP contribution in [0.5, 0.6) is 0 Å². The molecule has 1 saturated heterocycles. The Morgan fingerprint density at radius 1 is 0.957 bits per heavy atom. The maximum Gasteiger partial charge on any atom is 0.201 e. The van der Waals surface area contributed by atoms with E-state index in [2.05, 4.69) is 21.9 Å². The lowest BCUT2D eigenvalue weighted by molar-refractivity contribution is 0.250. The Hall–Kier alpha value is -2.64. The Kier molecular flexibility index (Phi) is 4.70. The average Bonchev–Trinajstić information content (AvgIpc) is 2.80. The predicted molar refractivity (Wildman–Crippen MR) is 91.4 cm³/mol. The van der Waals surface area contributed by atoms with Crippen molar-refractivity contribution >= 4 is 5.69 Å². The zero-order chi connectivity index (χ0) is 16.1. The van der Waals surface area contributed by atoms with E-state index in [9.17, 15) is 4.79 Å². The van der Waals surface area contributed by atoms with Crippen LogP contribution < -0.4 is 10.3 Å². The van der Waals surface area contributed by atoms with Crippen molar-refractivity contribution < 1.29 is 0 Å². The third kappa shape index (κ3) is 3.77. The van der Waals surface area contributed by atoms with Crippen LogP contribution >= 0.6 is 0 Å². The summed E-state index contributed by atoms with van der Waals surface area (Å²) in [6.45, 7) is 4.36. The van der Waals surface area contributed by atoms with Crippen molar-refractivity contribution in [1.82, 2.24) is 4.90 Å². The molecule has 1 heterocycles. The van der Waals surface area contributed by atoms with Crippen LogP contribution in [-0.2, 0) is 6.54 Å². The molecule has 0 aliphatic carbocycles. The topological polar surface area (TPSA) is 47.3 Å². The van der Waals surface area contributed by atoms with Gasteiger partial charge in [-0.25, -0.2) is 0 Å². The molecule has 0 aromatic heterocycles. The average molecular weight is 305 g/mol. The van der Waals surface area contributed by atoms with Crippen LogP contribution in [0, 0.1) is 11.3 Å². The smallest absolute Gasteiger partial charge is 0.201 e. The molecule has 1 aliphatic heterocycles. The van der Waals surface area contributed by atoms with Crippen molar-refractivity contribution in [2.24, 2.45) is 0 Å². The van der Waals surface area contributed by atoms with E-state index in [-0.39, 0.29) is 5.43 Å². The van der Waals surface area contributed by atoms with Gasteiger partial charge in [0.2, 0.25) is 5.43 Å². The molecule has 0 spiro atoms. The minimum Gasteiger partial charge on any atom is -0.366 e. The number of hydrogen-bond donors (Lipinski definition) is 0. The molecule has 0 bridgehead atoms. The summed E-state index contributed by atoms with van der Waals surface area (Å²) in [5.74, 6) is 0. The fourth-order valence-corrected chi connectivity index (χ4v) is 2.93. The maximum atomic E-state index is 12.1. The predicted octanol–water partition coefficient (Wildman–Crippen LogP) is 2.24. The SMILES string of the molecule is N#Cc1cccc(CN2CCN(c3cccccc3=O)CC2)c1. The lowest BCUT2D eigenvalue weighted by atomic mass is 10.1. The number of nitrogens with zero attached hydrogens (tertiary/aromatic N) is 3. The van der Waals surface area contributed by atoms with Gasteiger partial charge in [0.05, 0.1) is 17.3 Å². The number of anilines is 1. The highest BCUT2D eigenvalue weighted by Gasteiger charge is 2.18. The van der Waals surface area contributed by atoms with Gasteiger partial charge in [-0.2, -0.15) is 5.26 Å². The summed E-state index contributed by atoms with van der Waals surface area (Å²) in [4.78, 5) is 16.6. The summed E-state index contributed by atoms with van der Waals surface area (Å²) in [5.41, 5.74) is 2.72. The Balaban J connectivity index is 1.64. The molecular formula is C19H19N3O. The van der Waals surface area contributed by atoms with Crippen molar-refractivity contribution in [2.75, 3.05) is 31.1 Å². The first kappa shape index (κ1) is 15.3. The van der Waals surface area contributed by atoms with Crippen LogP contribution in [-0.4, -0.2) is 31.1 Å². The molecule has 1 aliphatic rings. The summed E-state index contributed by atoms with van der Waals surface area (Å²) in [6.07, 6.45) is 0. The van der Waals surface area contributed by atoms with E-state index in [0.717, 1.165) is 44.0 Å². The second-order valence-electron chi connectivity index (χ2n) is 5.74. The van der Waals surface area contributed by atoms with Gasteiger partial charge in [-0.1, -0.05) is 30.3 Å². The summed E-state index contributed by atoms with van der Waals surface area (Å²) in [6, 6.07) is 19.0. The van der Waals surface area contributed by atoms with E-state index in [1.165, 1.54) is 0 Å². The molecule has 2 aromatic carbocycles. The van der Waals surface area contributed by atoms with E-state index in [1.807, 2.05) is 36.4 Å². The molecule has 0 saturated carbocycles. The fraction of sp³-hybridized carbons (Fsp3) is 0.263. The van der Waals surface area contributed by atoms with Gasteiger partial charge in [-0.05, 0) is 29.8 Å². The monoisotopic (exact) mass is 305 g/mol. The molecule has 4 heteroatoms. The second kappa shape index (κ2) is 7.08. The summed E-state index contributed by atoms with van der Waals surface area (Å²) in [5, 5.41) is 8.98. The minimum absolute atomic E-state index is 0.0742. The van der Waals surface area contributed by atoms with E-state index in [1.54, 1.807) is 12.1 Å². The van der Waals surface area contributed by atoms with Crippen LogP contribution in [0.25, 0.3) is 0 Å². The third-order valence-electron chi connectivity index (χ3n) is 4.15. The van der Waals surface area contributed by atoms with Crippen molar-refractivity contribution in [1.29, 1.82) is 5.26 Å². The number of nitriles is 1. The van der Waals surface area contributed by atoms with Crippen LogP contribution in [0.2, 0.25) is 0 Å². The van der Waals surface area contributed by atoms with Crippen molar-refractivity contribution in [3.63, 3.8) is 0 Å². The highest BCUT2D eigenvalue weighted by molar-refractivity contribution is 5.45. The Labute approximate surface area is 136 Å². The quantitative estimate of drug-likeness (QED) is 0.872. The first-order valence-electron chi connectivity index (χ1n) is 7.82. The zero-order valence-corrected chi connectivity index (χ0v) is 13.0. The first-order valence-corrected chi connectivity index (χ1v) is 7.82. The summed E-state index contributed by atoms with van der Waals surface area (Å²) >= 11 is 0. The van der Waals surface area contributed by atoms with E-state index >= 15 is 0 Å². The molecule has 0 amide bonds. The van der Waals surface area contributed by atoms with Crippen molar-refractivity contribution in [3.8, 4) is 6.07 Å². The molecule has 116 valence electrons. The molecule has 4 nitrogen and oxygen atoms in total. The van der Waals surface area contributed by atoms with E-state index < -0.39 is 0 Å². The van der Waals surface area contributed by atoms with Crippen molar-refractivity contribution in [3.05, 3.63) is 75.9 Å². The molecule has 0 unspecified atom stereocenters. The lowest BCUT2D eigenvalue weighted by Gasteiger charge is -2.35. The highest BCUT2D eigenvalue weighted by atomic mass is 16.1. The molecule has 1 fully saturated rings. The Morgan fingerprint density at radius 3 is 2.52 bits per heavy atom. The largest absolute Gasteiger partial charge is 0.366 e. The number of piperazine rings is 1. The standard InChI is InChI=1S/C19H19N3O/c20-14-16-5-4-6-17(13-16)15-21-9-11-22(12-10-21)18-7-2-1-3-8-19(18)23/h1-8,13H,9-12,15H2. The lowest BCUT2D eigenvalue weighted by Crippen LogP contribution is -2.47. The number of hydrogen-bond acceptors (Lipinski definition) is 4. The van der Waals surface area contributed by atoms with Crippen LogP contribution in [0.1, 0.15) is 11.1 Å². The van der Waals surface area contributed by atoms with Gasteiger partial charge in [-0.3, -0.25) is 9.69 Å². The first-order chi connectivity index (χ1) is 11.3. The molecule has 0 N–H and O–H groups in total. The van der Waals surface area contributed by atoms with Gasteiger partial charge >= 0.3 is 0 Å². The Morgan fingerprint density at radius 2 is 1.74 bits per heavy atom. The van der Waals surface area contributed by atoms with Crippen LogP contribution in [0.15, 0.2) is 59.4 Å². The van der Waals surface area contributed by atoms with E-state index in [4.69, 9.17) is 5.26 Å². The molecule has 2 aromatic rings. The maximum absolute atomic E-state index is 12.1. The number of benzene rings is 1. The molecule has 23 heavy (non-hydrogen) atoms. The minimum atomic E-state index is 0.0742. The van der Waals surface area contributed by atoms with Crippen LogP contribution in [0.4, 0.5) is 5.69 Å². The third-order valence-corrected chi connectivity index (χ3v) is 4.15. The van der Waals surface area contributed by atoms with Crippen molar-refractivity contribution in [2.45, 2.75) is 6.54 Å². The number of rotatable bonds is 3. The summed E-state index contributed by atoms with van der Waals surface area (Å²) in [7, 11) is 0. The molecule has 3 rings (SSSR count). The zero-order valence-electron chi connectivity index (χ0n) is 13.0. The Bertz CT molecular complexity index is 774. The summed E-state index contributed by atoms with van der Waals surface area (Å²) < 4.78 is 0. The highest BCUT2D eigenvalue weighted by Crippen LogP contribution is 2.14. The van der Waals surface area contributed by atoms with Gasteiger partial charge in [-0.15, -0.1) is 0 Å². The normalized spacial score (nSPS) is 15.2. The van der Waals surface area contributed by atoms with Gasteiger partial charge in [0, 0.05) is 32.7 Å². The fourth-order valence-electron chi connectivity index (χ4n) is 2.93. The molecular weight excluding hydrogens is 286 g/mol. The van der Waals surface area contributed by atoms with Crippen LogP contribution in [0.3, 0.4) is 0 Å². The molecule has 0 atom stereocenters. The van der Waals surface area contributed by atoms with E-state index in [0.29, 0.717) is 5.56 Å². The molecule has 0 radical (unpaired) electrons. The second-order valence-corrected chi connectivity index (χ2v) is 5.74. The van der Waals surface area contributed by atoms with Gasteiger partial charge in [0.1, 0.15) is 0 Å². The van der Waals surface area contributed by atoms with Gasteiger partial charge in [0.25, 0.3) is 0 Å².